The fourth-order valence-corrected chi connectivity index (χ4v) is 3.58. The van der Waals surface area contributed by atoms with Crippen LogP contribution in [0.3, 0.4) is 0 Å². The molecule has 3 rings (SSSR count). The van der Waals surface area contributed by atoms with Gasteiger partial charge in [0, 0.05) is 18.8 Å². The van der Waals surface area contributed by atoms with Crippen molar-refractivity contribution in [3.8, 4) is 0 Å². The highest BCUT2D eigenvalue weighted by molar-refractivity contribution is 7.14. The van der Waals surface area contributed by atoms with Gasteiger partial charge in [0.2, 0.25) is 5.91 Å². The minimum absolute atomic E-state index is 0.0162. The number of carbonyl (C=O) groups is 3. The molecule has 0 unspecified atom stereocenters. The molecule has 12 heteroatoms. The molecule has 0 radical (unpaired) electrons. The van der Waals surface area contributed by atoms with Crippen molar-refractivity contribution in [2.75, 3.05) is 11.4 Å². The standard InChI is InChI=1S/C21H18F3N3O5S/c1-13(28)27(16-5-2-4-14(10-16)21(22,23)24)20-26-15(12-33-20)11-32-18(29)7-8-25-19(30)17-6-3-9-31-17/h2-6,9-10,12H,7-8,11H2,1H3,(H,25,30). The number of nitrogens with one attached hydrogen (secondary N) is 1. The average molecular weight is 481 g/mol. The summed E-state index contributed by atoms with van der Waals surface area (Å²) in [5.41, 5.74) is -0.556. The van der Waals surface area contributed by atoms with Gasteiger partial charge in [-0.1, -0.05) is 6.07 Å². The summed E-state index contributed by atoms with van der Waals surface area (Å²) >= 11 is 1.02. The molecule has 0 aliphatic rings. The van der Waals surface area contributed by atoms with Crippen LogP contribution in [0.15, 0.2) is 52.5 Å². The number of ether oxygens (including phenoxy) is 1. The van der Waals surface area contributed by atoms with E-state index < -0.39 is 29.5 Å². The molecule has 2 aromatic heterocycles. The van der Waals surface area contributed by atoms with E-state index in [1.54, 1.807) is 6.07 Å². The van der Waals surface area contributed by atoms with Gasteiger partial charge in [0.15, 0.2) is 10.9 Å². The number of hydrogen-bond acceptors (Lipinski definition) is 7. The summed E-state index contributed by atoms with van der Waals surface area (Å²) in [7, 11) is 0. The van der Waals surface area contributed by atoms with Gasteiger partial charge in [-0.05, 0) is 30.3 Å². The number of thiazole rings is 1. The smallest absolute Gasteiger partial charge is 0.416 e. The zero-order valence-electron chi connectivity index (χ0n) is 17.2. The van der Waals surface area contributed by atoms with Crippen molar-refractivity contribution in [2.24, 2.45) is 0 Å². The summed E-state index contributed by atoms with van der Waals surface area (Å²) in [5, 5.41) is 4.18. The maximum absolute atomic E-state index is 13.0. The summed E-state index contributed by atoms with van der Waals surface area (Å²) in [6.45, 7) is 1.04. The SMILES string of the molecule is CC(=O)N(c1cccc(C(F)(F)F)c1)c1nc(COC(=O)CCNC(=O)c2ccco2)cs1. The molecule has 0 aliphatic carbocycles. The molecule has 0 spiro atoms. The molecule has 8 nitrogen and oxygen atoms in total. The van der Waals surface area contributed by atoms with Crippen LogP contribution < -0.4 is 10.2 Å². The number of hydrogen-bond donors (Lipinski definition) is 1. The third-order valence-electron chi connectivity index (χ3n) is 4.22. The first kappa shape index (κ1) is 24.0. The topological polar surface area (TPSA) is 102 Å². The lowest BCUT2D eigenvalue weighted by Gasteiger charge is -2.19. The number of carbonyl (C=O) groups excluding carboxylic acids is 3. The van der Waals surface area contributed by atoms with Crippen LogP contribution in [0.2, 0.25) is 0 Å². The van der Waals surface area contributed by atoms with Crippen LogP contribution in [0, 0.1) is 0 Å². The number of alkyl halides is 3. The van der Waals surface area contributed by atoms with Crippen LogP contribution in [0.4, 0.5) is 24.0 Å². The van der Waals surface area contributed by atoms with Gasteiger partial charge in [-0.25, -0.2) is 4.98 Å². The maximum atomic E-state index is 13.0. The predicted octanol–water partition coefficient (Wildman–Crippen LogP) is 4.30. The van der Waals surface area contributed by atoms with Crippen molar-refractivity contribution in [2.45, 2.75) is 26.1 Å². The molecule has 1 N–H and O–H groups in total. The fraction of sp³-hybridized carbons (Fsp3) is 0.238. The van der Waals surface area contributed by atoms with Crippen molar-refractivity contribution in [3.05, 3.63) is 65.1 Å². The van der Waals surface area contributed by atoms with Crippen LogP contribution in [0.1, 0.15) is 35.2 Å². The number of rotatable bonds is 8. The van der Waals surface area contributed by atoms with Crippen molar-refractivity contribution in [1.29, 1.82) is 0 Å². The Morgan fingerprint density at radius 1 is 1.21 bits per heavy atom. The lowest BCUT2D eigenvalue weighted by Crippen LogP contribution is -2.26. The minimum atomic E-state index is -4.56. The Morgan fingerprint density at radius 2 is 2.00 bits per heavy atom. The van der Waals surface area contributed by atoms with Gasteiger partial charge in [-0.15, -0.1) is 11.3 Å². The molecule has 174 valence electrons. The highest BCUT2D eigenvalue weighted by Gasteiger charge is 2.31. The van der Waals surface area contributed by atoms with Gasteiger partial charge >= 0.3 is 12.1 Å². The van der Waals surface area contributed by atoms with Gasteiger partial charge in [0.1, 0.15) is 6.61 Å². The molecule has 0 saturated heterocycles. The van der Waals surface area contributed by atoms with Crippen molar-refractivity contribution >= 4 is 39.9 Å². The summed E-state index contributed by atoms with van der Waals surface area (Å²) in [5.74, 6) is -1.46. The zero-order valence-corrected chi connectivity index (χ0v) is 18.0. The van der Waals surface area contributed by atoms with Crippen molar-refractivity contribution in [1.82, 2.24) is 10.3 Å². The second-order valence-corrected chi connectivity index (χ2v) is 7.50. The highest BCUT2D eigenvalue weighted by Crippen LogP contribution is 2.35. The monoisotopic (exact) mass is 481 g/mol. The molecule has 0 atom stereocenters. The summed E-state index contributed by atoms with van der Waals surface area (Å²) in [6.07, 6.45) is -3.29. The Kier molecular flexibility index (Phi) is 7.48. The van der Waals surface area contributed by atoms with Crippen molar-refractivity contribution in [3.63, 3.8) is 0 Å². The number of amides is 2. The molecule has 2 heterocycles. The Balaban J connectivity index is 1.57. The highest BCUT2D eigenvalue weighted by atomic mass is 32.1. The third-order valence-corrected chi connectivity index (χ3v) is 5.09. The van der Waals surface area contributed by atoms with E-state index in [-0.39, 0.29) is 36.2 Å². The van der Waals surface area contributed by atoms with E-state index in [2.05, 4.69) is 10.3 Å². The van der Waals surface area contributed by atoms with Gasteiger partial charge in [-0.3, -0.25) is 19.3 Å². The van der Waals surface area contributed by atoms with Crippen LogP contribution in [-0.2, 0) is 27.1 Å². The van der Waals surface area contributed by atoms with E-state index >= 15 is 0 Å². The van der Waals surface area contributed by atoms with E-state index in [0.717, 1.165) is 28.4 Å². The Labute approximate surface area is 190 Å². The number of halogens is 3. The van der Waals surface area contributed by atoms with Gasteiger partial charge in [0.05, 0.1) is 29.6 Å². The molecular formula is C21H18F3N3O5S. The van der Waals surface area contributed by atoms with E-state index in [9.17, 15) is 27.6 Å². The molecule has 0 aliphatic heterocycles. The van der Waals surface area contributed by atoms with Gasteiger partial charge in [-0.2, -0.15) is 13.2 Å². The number of furan rings is 1. The Hall–Kier alpha value is -3.67. The molecule has 0 saturated carbocycles. The largest absolute Gasteiger partial charge is 0.459 e. The number of esters is 1. The lowest BCUT2D eigenvalue weighted by molar-refractivity contribution is -0.145. The minimum Gasteiger partial charge on any atom is -0.459 e. The molecule has 1 aromatic carbocycles. The first-order chi connectivity index (χ1) is 15.6. The van der Waals surface area contributed by atoms with Gasteiger partial charge < -0.3 is 14.5 Å². The zero-order chi connectivity index (χ0) is 24.0. The first-order valence-electron chi connectivity index (χ1n) is 9.55. The first-order valence-corrected chi connectivity index (χ1v) is 10.4. The van der Waals surface area contributed by atoms with E-state index in [4.69, 9.17) is 9.15 Å². The molecule has 3 aromatic rings. The maximum Gasteiger partial charge on any atom is 0.416 e. The molecular weight excluding hydrogens is 463 g/mol. The van der Waals surface area contributed by atoms with E-state index in [1.807, 2.05) is 0 Å². The third kappa shape index (κ3) is 6.42. The van der Waals surface area contributed by atoms with Crippen molar-refractivity contribution < 1.29 is 36.7 Å². The average Bonchev–Trinajstić information content (AvgIpc) is 3.44. The number of anilines is 2. The molecule has 2 amide bonds. The second kappa shape index (κ2) is 10.3. The van der Waals surface area contributed by atoms with Crippen LogP contribution >= 0.6 is 11.3 Å². The number of benzene rings is 1. The summed E-state index contributed by atoms with van der Waals surface area (Å²) in [4.78, 5) is 41.0. The quantitative estimate of drug-likeness (QED) is 0.482. The summed E-state index contributed by atoms with van der Waals surface area (Å²) < 4.78 is 49.1. The predicted molar refractivity (Wildman–Crippen MR) is 112 cm³/mol. The number of nitrogens with zero attached hydrogens (tertiary/aromatic N) is 2. The lowest BCUT2D eigenvalue weighted by atomic mass is 10.2. The van der Waals surface area contributed by atoms with Crippen LogP contribution in [0.25, 0.3) is 0 Å². The fourth-order valence-electron chi connectivity index (χ4n) is 2.71. The Morgan fingerprint density at radius 3 is 2.67 bits per heavy atom. The van der Waals surface area contributed by atoms with Gasteiger partial charge in [0.25, 0.3) is 5.91 Å². The second-order valence-electron chi connectivity index (χ2n) is 6.67. The molecule has 33 heavy (non-hydrogen) atoms. The normalized spacial score (nSPS) is 11.2. The van der Waals surface area contributed by atoms with E-state index in [0.29, 0.717) is 5.69 Å². The van der Waals surface area contributed by atoms with E-state index in [1.165, 1.54) is 36.8 Å². The van der Waals surface area contributed by atoms with Crippen LogP contribution in [0.5, 0.6) is 0 Å². The van der Waals surface area contributed by atoms with Crippen LogP contribution in [-0.4, -0.2) is 29.3 Å². The Bertz CT molecular complexity index is 1130. The number of aromatic nitrogens is 1. The molecule has 0 fully saturated rings. The molecule has 0 bridgehead atoms. The summed E-state index contributed by atoms with van der Waals surface area (Å²) in [6, 6.07) is 7.39.